The first kappa shape index (κ1) is 11.1. The lowest BCUT2D eigenvalue weighted by molar-refractivity contribution is -0.139. The monoisotopic (exact) mass is 209 g/mol. The van der Waals surface area contributed by atoms with E-state index in [2.05, 4.69) is 15.3 Å². The largest absolute Gasteiger partial charge is 0.342 e. The second-order valence-electron chi connectivity index (χ2n) is 2.75. The van der Waals surface area contributed by atoms with Crippen LogP contribution in [0, 0.1) is 6.92 Å². The van der Waals surface area contributed by atoms with Gasteiger partial charge in [-0.15, -0.1) is 0 Å². The van der Waals surface area contributed by atoms with Crippen molar-refractivity contribution in [1.29, 1.82) is 0 Å². The van der Waals surface area contributed by atoms with Crippen molar-refractivity contribution in [2.45, 2.75) is 13.5 Å². The van der Waals surface area contributed by atoms with E-state index in [1.807, 2.05) is 0 Å². The van der Waals surface area contributed by atoms with Crippen molar-refractivity contribution in [3.05, 3.63) is 23.8 Å². The molecule has 7 nitrogen and oxygen atoms in total. The molecule has 2 amide bonds. The zero-order chi connectivity index (χ0) is 11.3. The molecule has 0 saturated heterocycles. The number of rotatable bonds is 2. The lowest BCUT2D eigenvalue weighted by Gasteiger charge is -2.03. The van der Waals surface area contributed by atoms with Gasteiger partial charge in [0.05, 0.1) is 12.2 Å². The summed E-state index contributed by atoms with van der Waals surface area (Å²) in [6.07, 6.45) is 1.58. The molecule has 7 heteroatoms. The summed E-state index contributed by atoms with van der Waals surface area (Å²) in [5.74, 6) is 3.70. The van der Waals surface area contributed by atoms with Crippen molar-refractivity contribution in [3.8, 4) is 0 Å². The Balaban J connectivity index is 2.50. The number of nitrogens with two attached hydrogens (primary N) is 1. The van der Waals surface area contributed by atoms with E-state index in [1.54, 1.807) is 24.6 Å². The van der Waals surface area contributed by atoms with Gasteiger partial charge in [-0.2, -0.15) is 0 Å². The van der Waals surface area contributed by atoms with Crippen LogP contribution in [0.15, 0.2) is 12.3 Å². The van der Waals surface area contributed by atoms with E-state index in [-0.39, 0.29) is 6.54 Å². The van der Waals surface area contributed by atoms with E-state index in [4.69, 9.17) is 5.84 Å². The van der Waals surface area contributed by atoms with Gasteiger partial charge in [0.1, 0.15) is 5.82 Å². The van der Waals surface area contributed by atoms with Gasteiger partial charge in [-0.05, 0) is 13.0 Å². The van der Waals surface area contributed by atoms with E-state index >= 15 is 0 Å². The van der Waals surface area contributed by atoms with Crippen molar-refractivity contribution in [3.63, 3.8) is 0 Å². The van der Waals surface area contributed by atoms with Crippen molar-refractivity contribution in [2.75, 3.05) is 0 Å². The molecule has 0 spiro atoms. The minimum absolute atomic E-state index is 0.162. The van der Waals surface area contributed by atoms with Crippen LogP contribution in [-0.4, -0.2) is 21.8 Å². The fraction of sp³-hybridized carbons (Fsp3) is 0.250. The minimum Gasteiger partial charge on any atom is -0.342 e. The molecule has 1 aromatic rings. The van der Waals surface area contributed by atoms with Gasteiger partial charge in [0, 0.05) is 6.20 Å². The molecule has 1 rings (SSSR count). The number of hydrazine groups is 1. The highest BCUT2D eigenvalue weighted by Crippen LogP contribution is 1.93. The van der Waals surface area contributed by atoms with Crippen LogP contribution in [0.3, 0.4) is 0 Å². The molecule has 0 fully saturated rings. The average Bonchev–Trinajstić information content (AvgIpc) is 2.25. The molecule has 0 saturated carbocycles. The van der Waals surface area contributed by atoms with Crippen LogP contribution in [0.4, 0.5) is 0 Å². The van der Waals surface area contributed by atoms with E-state index in [0.29, 0.717) is 11.5 Å². The zero-order valence-electron chi connectivity index (χ0n) is 8.15. The second-order valence-corrected chi connectivity index (χ2v) is 2.75. The summed E-state index contributed by atoms with van der Waals surface area (Å²) in [6.45, 7) is 1.90. The Morgan fingerprint density at radius 2 is 2.20 bits per heavy atom. The fourth-order valence-corrected chi connectivity index (χ4v) is 0.920. The number of carbonyl (C=O) groups is 2. The Morgan fingerprint density at radius 3 is 2.80 bits per heavy atom. The van der Waals surface area contributed by atoms with Crippen molar-refractivity contribution >= 4 is 11.8 Å². The summed E-state index contributed by atoms with van der Waals surface area (Å²) >= 11 is 0. The Bertz CT molecular complexity index is 379. The molecule has 4 N–H and O–H groups in total. The standard InChI is InChI=1S/C8H11N5O2/c1-5-10-3-2-6(12-5)4-11-7(14)8(15)13-9/h2-3H,4,9H2,1H3,(H,11,14)(H,13,15). The summed E-state index contributed by atoms with van der Waals surface area (Å²) in [7, 11) is 0. The predicted molar refractivity (Wildman–Crippen MR) is 50.9 cm³/mol. The molecular formula is C8H11N5O2. The molecule has 0 unspecified atom stereocenters. The van der Waals surface area contributed by atoms with Crippen molar-refractivity contribution < 1.29 is 9.59 Å². The molecule has 0 bridgehead atoms. The first-order valence-corrected chi connectivity index (χ1v) is 4.21. The average molecular weight is 209 g/mol. The predicted octanol–water partition coefficient (Wildman–Crippen LogP) is -1.61. The molecule has 0 aliphatic heterocycles. The summed E-state index contributed by atoms with van der Waals surface area (Å²) in [5.41, 5.74) is 2.35. The van der Waals surface area contributed by atoms with Gasteiger partial charge in [-0.1, -0.05) is 0 Å². The Morgan fingerprint density at radius 1 is 1.47 bits per heavy atom. The third kappa shape index (κ3) is 3.31. The van der Waals surface area contributed by atoms with Gasteiger partial charge in [-0.25, -0.2) is 15.8 Å². The maximum atomic E-state index is 11.0. The molecule has 0 aliphatic carbocycles. The number of aromatic nitrogens is 2. The number of hydrogen-bond donors (Lipinski definition) is 3. The van der Waals surface area contributed by atoms with E-state index in [9.17, 15) is 9.59 Å². The van der Waals surface area contributed by atoms with Gasteiger partial charge in [0.25, 0.3) is 0 Å². The van der Waals surface area contributed by atoms with Crippen LogP contribution < -0.4 is 16.6 Å². The third-order valence-electron chi connectivity index (χ3n) is 1.60. The normalized spacial score (nSPS) is 9.47. The fourth-order valence-electron chi connectivity index (χ4n) is 0.920. The highest BCUT2D eigenvalue weighted by atomic mass is 16.2. The number of amides is 2. The smallest absolute Gasteiger partial charge is 0.323 e. The van der Waals surface area contributed by atoms with E-state index in [0.717, 1.165) is 0 Å². The minimum atomic E-state index is -0.888. The summed E-state index contributed by atoms with van der Waals surface area (Å²) in [5, 5.41) is 2.36. The van der Waals surface area contributed by atoms with E-state index in [1.165, 1.54) is 0 Å². The Hall–Kier alpha value is -2.02. The van der Waals surface area contributed by atoms with Crippen molar-refractivity contribution in [1.82, 2.24) is 20.7 Å². The zero-order valence-corrected chi connectivity index (χ0v) is 8.15. The number of aryl methyl sites for hydroxylation is 1. The summed E-state index contributed by atoms with van der Waals surface area (Å²) in [4.78, 5) is 29.6. The Kier molecular flexibility index (Phi) is 3.69. The van der Waals surface area contributed by atoms with Gasteiger partial charge in [0.2, 0.25) is 0 Å². The number of nitrogens with zero attached hydrogens (tertiary/aromatic N) is 2. The SMILES string of the molecule is Cc1nccc(CNC(=O)C(=O)NN)n1. The van der Waals surface area contributed by atoms with Gasteiger partial charge in [0.15, 0.2) is 0 Å². The molecule has 0 radical (unpaired) electrons. The molecular weight excluding hydrogens is 198 g/mol. The lowest BCUT2D eigenvalue weighted by Crippen LogP contribution is -2.42. The highest BCUT2D eigenvalue weighted by Gasteiger charge is 2.10. The maximum Gasteiger partial charge on any atom is 0.323 e. The van der Waals surface area contributed by atoms with Gasteiger partial charge in [-0.3, -0.25) is 15.0 Å². The molecule has 80 valence electrons. The van der Waals surface area contributed by atoms with Crippen molar-refractivity contribution in [2.24, 2.45) is 5.84 Å². The molecule has 1 heterocycles. The van der Waals surface area contributed by atoms with Crippen LogP contribution in [0.2, 0.25) is 0 Å². The van der Waals surface area contributed by atoms with Gasteiger partial charge >= 0.3 is 11.8 Å². The van der Waals surface area contributed by atoms with Crippen LogP contribution >= 0.6 is 0 Å². The van der Waals surface area contributed by atoms with Crippen LogP contribution in [0.1, 0.15) is 11.5 Å². The second kappa shape index (κ2) is 5.01. The summed E-state index contributed by atoms with van der Waals surface area (Å²) in [6, 6.07) is 1.65. The maximum absolute atomic E-state index is 11.0. The van der Waals surface area contributed by atoms with Crippen LogP contribution in [0.5, 0.6) is 0 Å². The lowest BCUT2D eigenvalue weighted by atomic mass is 10.4. The van der Waals surface area contributed by atoms with Crippen LogP contribution in [0.25, 0.3) is 0 Å². The van der Waals surface area contributed by atoms with E-state index < -0.39 is 11.8 Å². The van der Waals surface area contributed by atoms with Gasteiger partial charge < -0.3 is 5.32 Å². The number of carbonyl (C=O) groups excluding carboxylic acids is 2. The topological polar surface area (TPSA) is 110 Å². The number of hydrogen-bond acceptors (Lipinski definition) is 5. The molecule has 0 aliphatic rings. The number of nitrogens with one attached hydrogen (secondary N) is 2. The van der Waals surface area contributed by atoms with Crippen LogP contribution in [-0.2, 0) is 16.1 Å². The molecule has 0 atom stereocenters. The molecule has 0 aromatic carbocycles. The quantitative estimate of drug-likeness (QED) is 0.235. The summed E-state index contributed by atoms with van der Waals surface area (Å²) < 4.78 is 0. The third-order valence-corrected chi connectivity index (χ3v) is 1.60. The Labute approximate surface area is 86.1 Å². The molecule has 15 heavy (non-hydrogen) atoms. The highest BCUT2D eigenvalue weighted by molar-refractivity contribution is 6.34. The first-order valence-electron chi connectivity index (χ1n) is 4.21. The molecule has 1 aromatic heterocycles. The first-order chi connectivity index (χ1) is 7.13.